The lowest BCUT2D eigenvalue weighted by atomic mass is 10.1. The summed E-state index contributed by atoms with van der Waals surface area (Å²) in [5.41, 5.74) is 0.525. The second-order valence-corrected chi connectivity index (χ2v) is 7.00. The number of anilines is 1. The average Bonchev–Trinajstić information content (AvgIpc) is 3.24. The number of para-hydroxylation sites is 1. The second-order valence-electron chi connectivity index (χ2n) is 7.00. The number of oxazole rings is 1. The van der Waals surface area contributed by atoms with Crippen molar-refractivity contribution in [1.29, 1.82) is 0 Å². The van der Waals surface area contributed by atoms with Gasteiger partial charge < -0.3 is 19.2 Å². The third-order valence-corrected chi connectivity index (χ3v) is 4.24. The van der Waals surface area contributed by atoms with E-state index < -0.39 is 18.0 Å². The van der Waals surface area contributed by atoms with E-state index in [9.17, 15) is 18.0 Å². The maximum atomic E-state index is 12.8. The Morgan fingerprint density at radius 1 is 1.09 bits per heavy atom. The Morgan fingerprint density at radius 3 is 2.50 bits per heavy atom. The number of aromatic nitrogens is 3. The van der Waals surface area contributed by atoms with Crippen LogP contribution < -0.4 is 14.8 Å². The average molecular weight is 446 g/mol. The van der Waals surface area contributed by atoms with Crippen LogP contribution in [0.4, 0.5) is 18.9 Å². The molecule has 0 unspecified atom stereocenters. The molecule has 0 fully saturated rings. The minimum atomic E-state index is -4.84. The van der Waals surface area contributed by atoms with Gasteiger partial charge in [0.05, 0.1) is 5.69 Å². The molecule has 0 bridgehead atoms. The van der Waals surface area contributed by atoms with E-state index in [2.05, 4.69) is 20.1 Å². The zero-order valence-corrected chi connectivity index (χ0v) is 16.9. The molecule has 0 aliphatic carbocycles. The Morgan fingerprint density at radius 2 is 1.81 bits per heavy atom. The fourth-order valence-electron chi connectivity index (χ4n) is 3.01. The van der Waals surface area contributed by atoms with Gasteiger partial charge in [0.1, 0.15) is 11.5 Å². The van der Waals surface area contributed by atoms with Crippen LogP contribution in [0.5, 0.6) is 17.5 Å². The van der Waals surface area contributed by atoms with Crippen LogP contribution in [0.1, 0.15) is 36.0 Å². The molecular formula is C21H17F3N4O4. The fraction of sp³-hybridized carbons (Fsp3) is 0.190. The molecular weight excluding hydrogens is 429 g/mol. The highest BCUT2D eigenvalue weighted by molar-refractivity contribution is 6.03. The van der Waals surface area contributed by atoms with Gasteiger partial charge in [-0.3, -0.25) is 4.79 Å². The maximum Gasteiger partial charge on any atom is 0.573 e. The Bertz CT molecular complexity index is 1250. The van der Waals surface area contributed by atoms with Gasteiger partial charge in [-0.05, 0) is 30.2 Å². The van der Waals surface area contributed by atoms with Gasteiger partial charge in [0, 0.05) is 11.8 Å². The number of fused-ring (bicyclic) bond motifs is 1. The molecule has 32 heavy (non-hydrogen) atoms. The van der Waals surface area contributed by atoms with Crippen LogP contribution in [0.15, 0.2) is 59.0 Å². The molecule has 0 spiro atoms. The van der Waals surface area contributed by atoms with Crippen molar-refractivity contribution in [3.05, 3.63) is 66.1 Å². The molecule has 8 nitrogen and oxygen atoms in total. The summed E-state index contributed by atoms with van der Waals surface area (Å²) in [6, 6.07) is 13.9. The van der Waals surface area contributed by atoms with Crippen LogP contribution in [0, 0.1) is 0 Å². The number of rotatable bonds is 6. The van der Waals surface area contributed by atoms with Crippen molar-refractivity contribution >= 4 is 17.4 Å². The number of alkyl halides is 3. The third kappa shape index (κ3) is 4.66. The van der Waals surface area contributed by atoms with Crippen molar-refractivity contribution in [3.8, 4) is 17.5 Å². The number of hydrogen-bond acceptors (Lipinski definition) is 6. The van der Waals surface area contributed by atoms with E-state index in [4.69, 9.17) is 9.15 Å². The summed E-state index contributed by atoms with van der Waals surface area (Å²) in [5.74, 6) is -0.815. The molecule has 166 valence electrons. The summed E-state index contributed by atoms with van der Waals surface area (Å²) in [4.78, 5) is 17.0. The Labute approximate surface area is 179 Å². The van der Waals surface area contributed by atoms with Crippen molar-refractivity contribution in [3.63, 3.8) is 0 Å². The largest absolute Gasteiger partial charge is 0.573 e. The Kier molecular flexibility index (Phi) is 5.47. The molecule has 2 heterocycles. The lowest BCUT2D eigenvalue weighted by Gasteiger charge is -2.11. The van der Waals surface area contributed by atoms with E-state index in [-0.39, 0.29) is 29.2 Å². The molecule has 2 aromatic heterocycles. The lowest BCUT2D eigenvalue weighted by Crippen LogP contribution is -2.18. The van der Waals surface area contributed by atoms with E-state index >= 15 is 0 Å². The van der Waals surface area contributed by atoms with Gasteiger partial charge in [0.15, 0.2) is 0 Å². The van der Waals surface area contributed by atoms with E-state index in [0.717, 1.165) is 12.1 Å². The SMILES string of the molecule is CC(C)c1c(C(=O)Nc2cccc(OC(F)(F)F)c2)oc2nc(Oc3ccccc3)nn12. The number of halogens is 3. The van der Waals surface area contributed by atoms with E-state index in [1.165, 1.54) is 16.6 Å². The normalized spacial score (nSPS) is 11.7. The Balaban J connectivity index is 1.59. The summed E-state index contributed by atoms with van der Waals surface area (Å²) in [6.45, 7) is 3.66. The number of hydrogen-bond donors (Lipinski definition) is 1. The molecule has 0 saturated carbocycles. The summed E-state index contributed by atoms with van der Waals surface area (Å²) in [6.07, 6.45) is -4.84. The number of amides is 1. The van der Waals surface area contributed by atoms with Crippen LogP contribution >= 0.6 is 0 Å². The highest BCUT2D eigenvalue weighted by Gasteiger charge is 2.31. The van der Waals surface area contributed by atoms with Gasteiger partial charge in [-0.25, -0.2) is 0 Å². The predicted molar refractivity (Wildman–Crippen MR) is 107 cm³/mol. The molecule has 4 aromatic rings. The molecule has 0 atom stereocenters. The van der Waals surface area contributed by atoms with Gasteiger partial charge in [-0.2, -0.15) is 4.52 Å². The Hall–Kier alpha value is -4.02. The van der Waals surface area contributed by atoms with Gasteiger partial charge in [-0.1, -0.05) is 38.1 Å². The minimum Gasteiger partial charge on any atom is -0.423 e. The van der Waals surface area contributed by atoms with Crippen molar-refractivity contribution < 1.29 is 31.9 Å². The highest BCUT2D eigenvalue weighted by Crippen LogP contribution is 2.28. The molecule has 0 radical (unpaired) electrons. The first-order chi connectivity index (χ1) is 15.2. The first-order valence-electron chi connectivity index (χ1n) is 9.49. The lowest BCUT2D eigenvalue weighted by molar-refractivity contribution is -0.274. The first kappa shape index (κ1) is 21.2. The molecule has 2 aromatic carbocycles. The number of carbonyl (C=O) groups excluding carboxylic acids is 1. The molecule has 1 amide bonds. The van der Waals surface area contributed by atoms with Gasteiger partial charge in [0.2, 0.25) is 5.76 Å². The highest BCUT2D eigenvalue weighted by atomic mass is 19.4. The molecule has 0 aliphatic heterocycles. The van der Waals surface area contributed by atoms with E-state index in [0.29, 0.717) is 11.4 Å². The van der Waals surface area contributed by atoms with Crippen molar-refractivity contribution in [2.75, 3.05) is 5.32 Å². The van der Waals surface area contributed by atoms with Crippen LogP contribution in [0.25, 0.3) is 5.84 Å². The number of carbonyl (C=O) groups is 1. The number of benzene rings is 2. The monoisotopic (exact) mass is 446 g/mol. The maximum absolute atomic E-state index is 12.8. The molecule has 0 saturated heterocycles. The van der Waals surface area contributed by atoms with Gasteiger partial charge in [-0.15, -0.1) is 23.3 Å². The standard InChI is InChI=1S/C21H17F3N4O4/c1-12(2)16-17(18(29)25-13-7-6-10-15(11-13)32-21(22,23)24)31-20-26-19(27-28(16)20)30-14-8-4-3-5-9-14/h3-12H,1-2H3,(H,25,29). The zero-order chi connectivity index (χ0) is 22.9. The predicted octanol–water partition coefficient (Wildman–Crippen LogP) is 5.39. The topological polar surface area (TPSA) is 90.9 Å². The number of nitrogens with zero attached hydrogens (tertiary/aromatic N) is 3. The van der Waals surface area contributed by atoms with Crippen molar-refractivity contribution in [2.45, 2.75) is 26.1 Å². The van der Waals surface area contributed by atoms with E-state index in [1.807, 2.05) is 19.9 Å². The molecule has 0 aliphatic rings. The number of ether oxygens (including phenoxy) is 2. The zero-order valence-electron chi connectivity index (χ0n) is 16.9. The van der Waals surface area contributed by atoms with Gasteiger partial charge in [0.25, 0.3) is 5.91 Å². The summed E-state index contributed by atoms with van der Waals surface area (Å²) in [5, 5.41) is 6.76. The first-order valence-corrected chi connectivity index (χ1v) is 9.49. The van der Waals surface area contributed by atoms with Crippen molar-refractivity contribution in [1.82, 2.24) is 14.6 Å². The molecule has 1 N–H and O–H groups in total. The van der Waals surface area contributed by atoms with E-state index in [1.54, 1.807) is 24.3 Å². The molecule has 4 rings (SSSR count). The third-order valence-electron chi connectivity index (χ3n) is 4.24. The van der Waals surface area contributed by atoms with Crippen LogP contribution in [-0.2, 0) is 0 Å². The summed E-state index contributed by atoms with van der Waals surface area (Å²) < 4.78 is 53.8. The minimum absolute atomic E-state index is 0.0407. The fourth-order valence-corrected chi connectivity index (χ4v) is 3.01. The summed E-state index contributed by atoms with van der Waals surface area (Å²) >= 11 is 0. The smallest absolute Gasteiger partial charge is 0.423 e. The van der Waals surface area contributed by atoms with Gasteiger partial charge >= 0.3 is 18.2 Å². The van der Waals surface area contributed by atoms with Crippen LogP contribution in [0.2, 0.25) is 0 Å². The van der Waals surface area contributed by atoms with Crippen molar-refractivity contribution in [2.24, 2.45) is 0 Å². The number of nitrogens with one attached hydrogen (secondary N) is 1. The van der Waals surface area contributed by atoms with Crippen LogP contribution in [0.3, 0.4) is 0 Å². The quantitative estimate of drug-likeness (QED) is 0.427. The summed E-state index contributed by atoms with van der Waals surface area (Å²) in [7, 11) is 0. The second kappa shape index (κ2) is 8.25. The molecule has 11 heteroatoms. The van der Waals surface area contributed by atoms with Crippen LogP contribution in [-0.4, -0.2) is 26.9 Å².